The summed E-state index contributed by atoms with van der Waals surface area (Å²) in [6, 6.07) is 0. The van der Waals surface area contributed by atoms with Crippen molar-refractivity contribution in [3.05, 3.63) is 0 Å². The third-order valence-electron chi connectivity index (χ3n) is 2.50. The second-order valence-electron chi connectivity index (χ2n) is 3.91. The summed E-state index contributed by atoms with van der Waals surface area (Å²) in [6.45, 7) is 7.84. The fraction of sp³-hybridized carbons (Fsp3) is 1.00. The van der Waals surface area contributed by atoms with Crippen molar-refractivity contribution in [2.75, 3.05) is 26.3 Å². The second kappa shape index (κ2) is 7.21. The number of ether oxygens (including phenoxy) is 2. The second-order valence-corrected chi connectivity index (χ2v) is 3.91. The summed E-state index contributed by atoms with van der Waals surface area (Å²) in [4.78, 5) is 0. The lowest BCUT2D eigenvalue weighted by molar-refractivity contribution is -0.0498. The van der Waals surface area contributed by atoms with Crippen LogP contribution in [0.25, 0.3) is 0 Å². The Morgan fingerprint density at radius 2 is 2.21 bits per heavy atom. The largest absolute Gasteiger partial charge is 0.379 e. The van der Waals surface area contributed by atoms with Gasteiger partial charge in [-0.05, 0) is 46.2 Å². The van der Waals surface area contributed by atoms with Gasteiger partial charge in [0.25, 0.3) is 0 Å². The van der Waals surface area contributed by atoms with Gasteiger partial charge in [-0.15, -0.1) is 0 Å². The molecule has 0 aromatic carbocycles. The molecule has 84 valence electrons. The molecule has 0 aliphatic carbocycles. The van der Waals surface area contributed by atoms with E-state index in [0.717, 1.165) is 32.7 Å². The third kappa shape index (κ3) is 4.94. The van der Waals surface area contributed by atoms with Gasteiger partial charge in [-0.25, -0.2) is 0 Å². The van der Waals surface area contributed by atoms with Crippen molar-refractivity contribution in [3.63, 3.8) is 0 Å². The molecule has 1 aliphatic rings. The lowest BCUT2D eigenvalue weighted by atomic mass is 10.1. The Labute approximate surface area is 87.2 Å². The van der Waals surface area contributed by atoms with E-state index in [9.17, 15) is 0 Å². The average Bonchev–Trinajstić information content (AvgIpc) is 2.43. The number of hydrogen-bond donors (Lipinski definition) is 1. The maximum atomic E-state index is 5.91. The van der Waals surface area contributed by atoms with E-state index in [0.29, 0.717) is 6.10 Å². The van der Waals surface area contributed by atoms with Crippen LogP contribution in [-0.2, 0) is 9.47 Å². The minimum Gasteiger partial charge on any atom is -0.379 e. The molecule has 14 heavy (non-hydrogen) atoms. The molecule has 1 aliphatic heterocycles. The van der Waals surface area contributed by atoms with Gasteiger partial charge in [-0.1, -0.05) is 0 Å². The molecule has 0 radical (unpaired) electrons. The number of rotatable bonds is 5. The van der Waals surface area contributed by atoms with Gasteiger partial charge in [-0.2, -0.15) is 0 Å². The molecule has 0 amide bonds. The minimum atomic E-state index is 0.234. The van der Waals surface area contributed by atoms with Crippen LogP contribution < -0.4 is 5.32 Å². The van der Waals surface area contributed by atoms with Gasteiger partial charge in [0, 0.05) is 6.61 Å². The molecule has 1 N–H and O–H groups in total. The molecule has 3 heteroatoms. The number of nitrogens with one attached hydrogen (secondary N) is 1. The fourth-order valence-corrected chi connectivity index (χ4v) is 1.77. The third-order valence-corrected chi connectivity index (χ3v) is 2.50. The highest BCUT2D eigenvalue weighted by Crippen LogP contribution is 2.11. The molecule has 3 nitrogen and oxygen atoms in total. The van der Waals surface area contributed by atoms with Gasteiger partial charge in [0.05, 0.1) is 18.8 Å². The van der Waals surface area contributed by atoms with Crippen molar-refractivity contribution in [2.24, 2.45) is 0 Å². The molecule has 1 heterocycles. The average molecular weight is 201 g/mol. The lowest BCUT2D eigenvalue weighted by Gasteiger charge is -2.20. The summed E-state index contributed by atoms with van der Waals surface area (Å²) in [5, 5.41) is 3.38. The molecule has 2 unspecified atom stereocenters. The SMILES string of the molecule is CCOCC(C)OC1CCCNCC1. The highest BCUT2D eigenvalue weighted by Gasteiger charge is 2.15. The summed E-state index contributed by atoms with van der Waals surface area (Å²) in [6.07, 6.45) is 4.21. The molecular weight excluding hydrogens is 178 g/mol. The molecule has 1 saturated heterocycles. The highest BCUT2D eigenvalue weighted by molar-refractivity contribution is 4.67. The van der Waals surface area contributed by atoms with Gasteiger partial charge in [0.2, 0.25) is 0 Å². The zero-order chi connectivity index (χ0) is 10.2. The van der Waals surface area contributed by atoms with Crippen LogP contribution in [0, 0.1) is 0 Å². The van der Waals surface area contributed by atoms with Crippen LogP contribution in [0.3, 0.4) is 0 Å². The first kappa shape index (κ1) is 12.0. The summed E-state index contributed by atoms with van der Waals surface area (Å²) in [5.74, 6) is 0. The van der Waals surface area contributed by atoms with Gasteiger partial charge in [0.1, 0.15) is 0 Å². The van der Waals surface area contributed by atoms with Crippen LogP contribution in [0.15, 0.2) is 0 Å². The van der Waals surface area contributed by atoms with E-state index >= 15 is 0 Å². The summed E-state index contributed by atoms with van der Waals surface area (Å²) < 4.78 is 11.2. The smallest absolute Gasteiger partial charge is 0.0784 e. The van der Waals surface area contributed by atoms with Crippen molar-refractivity contribution in [3.8, 4) is 0 Å². The van der Waals surface area contributed by atoms with Crippen molar-refractivity contribution in [1.82, 2.24) is 5.32 Å². The molecule has 0 saturated carbocycles. The van der Waals surface area contributed by atoms with Gasteiger partial charge >= 0.3 is 0 Å². The molecule has 2 atom stereocenters. The van der Waals surface area contributed by atoms with Crippen molar-refractivity contribution in [1.29, 1.82) is 0 Å². The molecule has 1 fully saturated rings. The van der Waals surface area contributed by atoms with Crippen molar-refractivity contribution in [2.45, 2.75) is 45.3 Å². The zero-order valence-electron chi connectivity index (χ0n) is 9.42. The first-order valence-corrected chi connectivity index (χ1v) is 5.77. The van der Waals surface area contributed by atoms with Crippen molar-refractivity contribution >= 4 is 0 Å². The fourth-order valence-electron chi connectivity index (χ4n) is 1.77. The Morgan fingerprint density at radius 1 is 1.36 bits per heavy atom. The molecule has 0 aromatic heterocycles. The van der Waals surface area contributed by atoms with Crippen LogP contribution in [0.1, 0.15) is 33.1 Å². The Bertz CT molecular complexity index is 133. The monoisotopic (exact) mass is 201 g/mol. The number of hydrogen-bond acceptors (Lipinski definition) is 3. The van der Waals surface area contributed by atoms with E-state index < -0.39 is 0 Å². The quantitative estimate of drug-likeness (QED) is 0.732. The van der Waals surface area contributed by atoms with E-state index in [2.05, 4.69) is 12.2 Å². The molecule has 1 rings (SSSR count). The van der Waals surface area contributed by atoms with Crippen molar-refractivity contribution < 1.29 is 9.47 Å². The van der Waals surface area contributed by atoms with Crippen LogP contribution in [0.2, 0.25) is 0 Å². The van der Waals surface area contributed by atoms with Crippen LogP contribution in [-0.4, -0.2) is 38.5 Å². The van der Waals surface area contributed by atoms with Crippen LogP contribution >= 0.6 is 0 Å². The highest BCUT2D eigenvalue weighted by atomic mass is 16.5. The molecule has 0 bridgehead atoms. The predicted molar refractivity (Wildman–Crippen MR) is 57.5 cm³/mol. The predicted octanol–water partition coefficient (Wildman–Crippen LogP) is 1.57. The molecule has 0 aromatic rings. The topological polar surface area (TPSA) is 30.5 Å². The minimum absolute atomic E-state index is 0.234. The summed E-state index contributed by atoms with van der Waals surface area (Å²) >= 11 is 0. The van der Waals surface area contributed by atoms with Gasteiger partial charge in [0.15, 0.2) is 0 Å². The maximum absolute atomic E-state index is 5.91. The first-order chi connectivity index (χ1) is 6.83. The standard InChI is InChI=1S/C11H23NO2/c1-3-13-9-10(2)14-11-5-4-7-12-8-6-11/h10-12H,3-9H2,1-2H3. The Morgan fingerprint density at radius 3 is 3.00 bits per heavy atom. The Balaban J connectivity index is 2.13. The van der Waals surface area contributed by atoms with E-state index in [1.807, 2.05) is 6.92 Å². The molecular formula is C11H23NO2. The first-order valence-electron chi connectivity index (χ1n) is 5.77. The van der Waals surface area contributed by atoms with Gasteiger partial charge < -0.3 is 14.8 Å². The Kier molecular flexibility index (Phi) is 6.15. The van der Waals surface area contributed by atoms with E-state index in [1.165, 1.54) is 12.8 Å². The maximum Gasteiger partial charge on any atom is 0.0784 e. The van der Waals surface area contributed by atoms with Gasteiger partial charge in [-0.3, -0.25) is 0 Å². The lowest BCUT2D eigenvalue weighted by Crippen LogP contribution is -2.25. The Hall–Kier alpha value is -0.120. The summed E-state index contributed by atoms with van der Waals surface area (Å²) in [7, 11) is 0. The normalized spacial score (nSPS) is 25.7. The summed E-state index contributed by atoms with van der Waals surface area (Å²) in [5.41, 5.74) is 0. The van der Waals surface area contributed by atoms with E-state index in [1.54, 1.807) is 0 Å². The van der Waals surface area contributed by atoms with Crippen LogP contribution in [0.4, 0.5) is 0 Å². The van der Waals surface area contributed by atoms with E-state index in [-0.39, 0.29) is 6.10 Å². The molecule has 0 spiro atoms. The zero-order valence-corrected chi connectivity index (χ0v) is 9.42. The van der Waals surface area contributed by atoms with E-state index in [4.69, 9.17) is 9.47 Å². The van der Waals surface area contributed by atoms with Crippen LogP contribution in [0.5, 0.6) is 0 Å².